The summed E-state index contributed by atoms with van der Waals surface area (Å²) in [5.41, 5.74) is -1.67. The molecule has 1 fully saturated rings. The van der Waals surface area contributed by atoms with E-state index in [1.165, 1.54) is 36.6 Å². The summed E-state index contributed by atoms with van der Waals surface area (Å²) in [6.07, 6.45) is 6.82. The molecule has 0 saturated carbocycles. The number of sulfone groups is 1. The fraction of sp³-hybridized carbons (Fsp3) is 0.348. The highest BCUT2D eigenvalue weighted by atomic mass is 32.2. The van der Waals surface area contributed by atoms with Crippen molar-refractivity contribution in [3.05, 3.63) is 65.8 Å². The monoisotopic (exact) mass is 532 g/mol. The Balaban J connectivity index is 1.71. The van der Waals surface area contributed by atoms with E-state index in [0.29, 0.717) is 12.8 Å². The van der Waals surface area contributed by atoms with Crippen molar-refractivity contribution in [3.8, 4) is 0 Å². The smallest absolute Gasteiger partial charge is 0.292 e. The van der Waals surface area contributed by atoms with E-state index >= 15 is 0 Å². The lowest BCUT2D eigenvalue weighted by atomic mass is 9.92. The predicted octanol–water partition coefficient (Wildman–Crippen LogP) is 0.0975. The maximum atomic E-state index is 13.8. The summed E-state index contributed by atoms with van der Waals surface area (Å²) in [5.74, 6) is -3.50. The second kappa shape index (κ2) is 9.76. The fourth-order valence-electron chi connectivity index (χ4n) is 4.69. The first-order chi connectivity index (χ1) is 17.5. The Labute approximate surface area is 212 Å². The molecule has 1 saturated heterocycles. The largest absolute Gasteiger partial charge is 0.502 e. The average Bonchev–Trinajstić information content (AvgIpc) is 3.36. The molecule has 1 aromatic carbocycles. The third-order valence-electron chi connectivity index (χ3n) is 6.47. The Morgan fingerprint density at radius 1 is 1.32 bits per heavy atom. The summed E-state index contributed by atoms with van der Waals surface area (Å²) in [7, 11) is -2.51. The minimum Gasteiger partial charge on any atom is -0.502 e. The molecule has 2 unspecified atom stereocenters. The molecule has 2 aliphatic rings. The lowest BCUT2D eigenvalue weighted by Gasteiger charge is -2.48. The number of aliphatic hydroxyl groups is 1. The van der Waals surface area contributed by atoms with Gasteiger partial charge < -0.3 is 25.5 Å². The van der Waals surface area contributed by atoms with Gasteiger partial charge in [0.2, 0.25) is 5.66 Å². The number of hydrogen-bond acceptors (Lipinski definition) is 9. The number of rotatable bonds is 6. The van der Waals surface area contributed by atoms with Gasteiger partial charge in [-0.2, -0.15) is 0 Å². The molecule has 0 radical (unpaired) electrons. The van der Waals surface area contributed by atoms with Gasteiger partial charge in [-0.1, -0.05) is 6.07 Å². The zero-order chi connectivity index (χ0) is 27.0. The number of likely N-dealkylation sites (tertiary alicyclic amines) is 1. The molecule has 0 aliphatic carbocycles. The van der Waals surface area contributed by atoms with Gasteiger partial charge in [-0.3, -0.25) is 19.4 Å². The summed E-state index contributed by atoms with van der Waals surface area (Å²) in [4.78, 5) is 50.0. The van der Waals surface area contributed by atoms with Crippen LogP contribution in [0.3, 0.4) is 0 Å². The number of nitrogens with one attached hydrogen (secondary N) is 2. The summed E-state index contributed by atoms with van der Waals surface area (Å²) in [6, 6.07) is 2.29. The third kappa shape index (κ3) is 4.71. The van der Waals surface area contributed by atoms with E-state index in [2.05, 4.69) is 20.6 Å². The molecule has 2 aromatic rings. The van der Waals surface area contributed by atoms with Crippen LogP contribution in [0.25, 0.3) is 0 Å². The van der Waals surface area contributed by atoms with E-state index in [-0.39, 0.29) is 29.2 Å². The van der Waals surface area contributed by atoms with Gasteiger partial charge in [0.05, 0.1) is 17.1 Å². The van der Waals surface area contributed by atoms with Crippen LogP contribution in [-0.2, 0) is 26.0 Å². The first-order valence-corrected chi connectivity index (χ1v) is 13.1. The molecule has 4 rings (SSSR count). The highest BCUT2D eigenvalue weighted by Gasteiger charge is 2.57. The van der Waals surface area contributed by atoms with Crippen molar-refractivity contribution in [1.29, 1.82) is 0 Å². The second-order valence-corrected chi connectivity index (χ2v) is 10.7. The van der Waals surface area contributed by atoms with Crippen LogP contribution in [-0.4, -0.2) is 82.6 Å². The summed E-state index contributed by atoms with van der Waals surface area (Å²) < 4.78 is 38.1. The highest BCUT2D eigenvalue weighted by Crippen LogP contribution is 2.33. The molecule has 3 N–H and O–H groups in total. The minimum absolute atomic E-state index is 0.0530. The van der Waals surface area contributed by atoms with Gasteiger partial charge in [-0.05, 0) is 30.5 Å². The third-order valence-corrected chi connectivity index (χ3v) is 7.65. The highest BCUT2D eigenvalue weighted by molar-refractivity contribution is 7.90. The number of carbonyl (C=O) groups excluding carboxylic acids is 3. The second-order valence-electron chi connectivity index (χ2n) is 8.76. The topological polar surface area (TPSA) is 162 Å². The maximum Gasteiger partial charge on any atom is 0.292 e. The zero-order valence-corrected chi connectivity index (χ0v) is 20.8. The van der Waals surface area contributed by atoms with Crippen molar-refractivity contribution in [1.82, 2.24) is 30.4 Å². The molecule has 0 spiro atoms. The molecular weight excluding hydrogens is 507 g/mol. The Hall–Kier alpha value is -4.07. The number of nitrogens with zero attached hydrogens (tertiary/aromatic N) is 4. The van der Waals surface area contributed by atoms with Crippen LogP contribution in [0.1, 0.15) is 28.9 Å². The van der Waals surface area contributed by atoms with Gasteiger partial charge in [-0.15, -0.1) is 0 Å². The molecular formula is C23H25FN6O6S. The molecule has 37 heavy (non-hydrogen) atoms. The Kier molecular flexibility index (Phi) is 6.86. The Morgan fingerprint density at radius 2 is 2.08 bits per heavy atom. The molecule has 2 aliphatic heterocycles. The summed E-state index contributed by atoms with van der Waals surface area (Å²) in [5, 5.41) is 15.4. The van der Waals surface area contributed by atoms with Crippen LogP contribution >= 0.6 is 0 Å². The first-order valence-electron chi connectivity index (χ1n) is 11.3. The number of carbonyl (C=O) groups is 3. The average molecular weight is 533 g/mol. The number of likely N-dealkylation sites (N-methyl/N-ethyl adjacent to an activating group) is 1. The number of hydrogen-bond donors (Lipinski definition) is 3. The van der Waals surface area contributed by atoms with Crippen molar-refractivity contribution in [2.75, 3.05) is 19.8 Å². The van der Waals surface area contributed by atoms with Gasteiger partial charge in [0, 0.05) is 45.0 Å². The van der Waals surface area contributed by atoms with E-state index in [4.69, 9.17) is 0 Å². The predicted molar refractivity (Wildman–Crippen MR) is 127 cm³/mol. The van der Waals surface area contributed by atoms with Crippen molar-refractivity contribution in [2.24, 2.45) is 0 Å². The molecule has 3 amide bonds. The van der Waals surface area contributed by atoms with Crippen LogP contribution < -0.4 is 10.6 Å². The number of benzene rings is 1. The van der Waals surface area contributed by atoms with E-state index < -0.39 is 50.8 Å². The van der Waals surface area contributed by atoms with Gasteiger partial charge in [0.1, 0.15) is 11.5 Å². The number of amides is 3. The Bertz CT molecular complexity index is 1390. The quantitative estimate of drug-likeness (QED) is 0.468. The SMILES string of the molecule is CN1C(=O)C(O)=CNC1(C(=O)NCc1ccc(F)cc1S(C)(=O)=O)C1CCCN1C(=O)c1cnccn1. The van der Waals surface area contributed by atoms with Crippen molar-refractivity contribution >= 4 is 27.6 Å². The van der Waals surface area contributed by atoms with E-state index in [0.717, 1.165) is 29.5 Å². The van der Waals surface area contributed by atoms with Gasteiger partial charge in [0.15, 0.2) is 15.6 Å². The molecule has 196 valence electrons. The molecule has 2 atom stereocenters. The standard InChI is InChI=1S/C23H25FN6O6S/c1-29-21(33)17(31)13-28-23(29,19-4-3-9-30(19)20(32)16-12-25-7-8-26-16)22(34)27-11-14-5-6-15(24)10-18(14)37(2,35)36/h5-8,10,12-13,19,28,31H,3-4,9,11H2,1-2H3,(H,27,34). The van der Waals surface area contributed by atoms with Gasteiger partial charge in [0.25, 0.3) is 17.7 Å². The number of aliphatic hydroxyl groups excluding tert-OH is 1. The summed E-state index contributed by atoms with van der Waals surface area (Å²) >= 11 is 0. The van der Waals surface area contributed by atoms with Crippen LogP contribution in [0.4, 0.5) is 4.39 Å². The van der Waals surface area contributed by atoms with Crippen LogP contribution in [0.5, 0.6) is 0 Å². The van der Waals surface area contributed by atoms with Gasteiger partial charge >= 0.3 is 0 Å². The number of aromatic nitrogens is 2. The fourth-order valence-corrected chi connectivity index (χ4v) is 5.63. The Morgan fingerprint density at radius 3 is 2.76 bits per heavy atom. The lowest BCUT2D eigenvalue weighted by molar-refractivity contribution is -0.153. The molecule has 0 bridgehead atoms. The van der Waals surface area contributed by atoms with Crippen molar-refractivity contribution in [2.45, 2.75) is 36.0 Å². The minimum atomic E-state index is -3.82. The van der Waals surface area contributed by atoms with Crippen LogP contribution in [0.15, 0.2) is 53.6 Å². The molecule has 1 aromatic heterocycles. The van der Waals surface area contributed by atoms with Gasteiger partial charge in [-0.25, -0.2) is 17.8 Å². The lowest BCUT2D eigenvalue weighted by Crippen LogP contribution is -2.76. The first kappa shape index (κ1) is 26.0. The van der Waals surface area contributed by atoms with E-state index in [1.807, 2.05) is 0 Å². The van der Waals surface area contributed by atoms with Crippen molar-refractivity contribution < 1.29 is 32.3 Å². The zero-order valence-electron chi connectivity index (χ0n) is 20.0. The van der Waals surface area contributed by atoms with E-state index in [9.17, 15) is 32.3 Å². The van der Waals surface area contributed by atoms with Crippen LogP contribution in [0, 0.1) is 5.82 Å². The van der Waals surface area contributed by atoms with E-state index in [1.54, 1.807) is 0 Å². The van der Waals surface area contributed by atoms with Crippen LogP contribution in [0.2, 0.25) is 0 Å². The summed E-state index contributed by atoms with van der Waals surface area (Å²) in [6.45, 7) is -0.0435. The molecule has 14 heteroatoms. The van der Waals surface area contributed by atoms with Crippen molar-refractivity contribution in [3.63, 3.8) is 0 Å². The number of halogens is 1. The maximum absolute atomic E-state index is 13.8. The normalized spacial score (nSPS) is 21.9. The molecule has 12 nitrogen and oxygen atoms in total. The molecule has 3 heterocycles.